The Bertz CT molecular complexity index is 246. The molecule has 0 rings (SSSR count). The van der Waals surface area contributed by atoms with Crippen molar-refractivity contribution in [2.75, 3.05) is 13.2 Å². The van der Waals surface area contributed by atoms with E-state index in [-0.39, 0.29) is 3.99 Å². The zero-order valence-corrected chi connectivity index (χ0v) is 17.7. The van der Waals surface area contributed by atoms with E-state index in [2.05, 4.69) is 48.5 Å². The average Bonchev–Trinajstić information content (AvgIpc) is 2.40. The van der Waals surface area contributed by atoms with Crippen LogP contribution < -0.4 is 0 Å². The van der Waals surface area contributed by atoms with Crippen LogP contribution >= 0.6 is 12.6 Å². The second-order valence-electron chi connectivity index (χ2n) is 6.11. The molecule has 0 N–H and O–H groups in total. The predicted octanol–water partition coefficient (Wildman–Crippen LogP) is 4.58. The van der Waals surface area contributed by atoms with E-state index in [0.717, 1.165) is 19.6 Å². The first kappa shape index (κ1) is 20.7. The van der Waals surface area contributed by atoms with Crippen LogP contribution in [0.4, 0.5) is 0 Å². The van der Waals surface area contributed by atoms with Gasteiger partial charge in [-0.2, -0.15) is 12.6 Å². The third-order valence-electron chi connectivity index (χ3n) is 4.69. The Morgan fingerprint density at radius 3 is 1.60 bits per heavy atom. The topological polar surface area (TPSA) is 18.5 Å². The molecule has 0 aliphatic carbocycles. The Balaban J connectivity index is 5.64. The van der Waals surface area contributed by atoms with Crippen molar-refractivity contribution < 1.29 is 8.85 Å². The van der Waals surface area contributed by atoms with Crippen molar-refractivity contribution >= 4 is 30.0 Å². The summed E-state index contributed by atoms with van der Waals surface area (Å²) in [6, 6.07) is 3.83. The molecule has 0 bridgehead atoms. The van der Waals surface area contributed by atoms with Gasteiger partial charge in [0.05, 0.1) is 8.07 Å². The van der Waals surface area contributed by atoms with Gasteiger partial charge in [-0.1, -0.05) is 52.8 Å². The van der Waals surface area contributed by atoms with Gasteiger partial charge in [-0.05, 0) is 26.2 Å². The summed E-state index contributed by atoms with van der Waals surface area (Å²) in [7, 11) is -3.27. The second kappa shape index (κ2) is 9.67. The van der Waals surface area contributed by atoms with Crippen LogP contribution in [0, 0.1) is 5.92 Å². The third-order valence-corrected chi connectivity index (χ3v) is 17.9. The smallest absolute Gasteiger partial charge is 0.334 e. The second-order valence-corrected chi connectivity index (χ2v) is 16.3. The van der Waals surface area contributed by atoms with Gasteiger partial charge in [0.1, 0.15) is 0 Å². The van der Waals surface area contributed by atoms with E-state index >= 15 is 0 Å². The van der Waals surface area contributed by atoms with E-state index < -0.39 is 17.4 Å². The van der Waals surface area contributed by atoms with Crippen molar-refractivity contribution in [3.8, 4) is 0 Å². The van der Waals surface area contributed by atoms with Crippen molar-refractivity contribution in [1.82, 2.24) is 0 Å². The molecule has 0 aromatic heterocycles. The van der Waals surface area contributed by atoms with Crippen LogP contribution in [0.5, 0.6) is 0 Å². The molecule has 0 aromatic carbocycles. The molecule has 2 nitrogen and oxygen atoms in total. The number of hydrogen-bond donors (Lipinski definition) is 1. The SMILES string of the molecule is CCO[SiH](OCC)[C@](S)(CC(C)C)[Si](CC)(CC)CC. The fraction of sp³-hybridized carbons (Fsp3) is 1.00. The van der Waals surface area contributed by atoms with Gasteiger partial charge in [0, 0.05) is 17.2 Å². The summed E-state index contributed by atoms with van der Waals surface area (Å²) in [4.78, 5) is 0. The van der Waals surface area contributed by atoms with Crippen molar-refractivity contribution in [3.05, 3.63) is 0 Å². The standard InChI is InChI=1S/C15H36O2SSi2/c1-8-16-19(17-9-2)15(18,13-14(6)7)20(10-3,11-4)12-5/h14,18-19H,8-13H2,1-7H3/t15-/m1/s1. The Morgan fingerprint density at radius 2 is 1.35 bits per heavy atom. The van der Waals surface area contributed by atoms with Gasteiger partial charge < -0.3 is 8.85 Å². The van der Waals surface area contributed by atoms with E-state index in [9.17, 15) is 0 Å². The lowest BCUT2D eigenvalue weighted by atomic mass is 10.2. The number of rotatable bonds is 11. The predicted molar refractivity (Wildman–Crippen MR) is 98.8 cm³/mol. The van der Waals surface area contributed by atoms with Gasteiger partial charge in [-0.25, -0.2) is 0 Å². The lowest BCUT2D eigenvalue weighted by Crippen LogP contribution is -2.65. The minimum absolute atomic E-state index is 0.0332. The molecule has 0 aliphatic rings. The number of thiol groups is 1. The van der Waals surface area contributed by atoms with Crippen LogP contribution in [0.1, 0.15) is 54.9 Å². The van der Waals surface area contributed by atoms with Crippen LogP contribution in [-0.2, 0) is 8.85 Å². The lowest BCUT2D eigenvalue weighted by molar-refractivity contribution is 0.204. The van der Waals surface area contributed by atoms with Crippen molar-refractivity contribution in [2.24, 2.45) is 5.92 Å². The summed E-state index contributed by atoms with van der Waals surface area (Å²) in [6.07, 6.45) is 1.13. The van der Waals surface area contributed by atoms with E-state index in [0.29, 0.717) is 5.92 Å². The molecule has 0 radical (unpaired) electrons. The summed E-state index contributed by atoms with van der Waals surface area (Å²) in [6.45, 7) is 17.3. The fourth-order valence-electron chi connectivity index (χ4n) is 3.48. The van der Waals surface area contributed by atoms with Gasteiger partial charge >= 0.3 is 9.28 Å². The zero-order valence-electron chi connectivity index (χ0n) is 14.7. The molecular weight excluding hydrogens is 300 g/mol. The molecule has 0 spiro atoms. The maximum atomic E-state index is 6.13. The normalized spacial score (nSPS) is 15.9. The Kier molecular flexibility index (Phi) is 10.0. The number of hydrogen-bond acceptors (Lipinski definition) is 3. The molecule has 0 fully saturated rings. The van der Waals surface area contributed by atoms with Crippen LogP contribution in [0.25, 0.3) is 0 Å². The molecule has 0 amide bonds. The summed E-state index contributed by atoms with van der Waals surface area (Å²) in [5.41, 5.74) is 0. The van der Waals surface area contributed by atoms with Crippen molar-refractivity contribution in [2.45, 2.75) is 77.0 Å². The minimum Gasteiger partial charge on any atom is -0.396 e. The molecule has 122 valence electrons. The third kappa shape index (κ3) is 4.60. The highest BCUT2D eigenvalue weighted by Crippen LogP contribution is 2.43. The molecular formula is C15H36O2SSi2. The monoisotopic (exact) mass is 336 g/mol. The van der Waals surface area contributed by atoms with E-state index in [1.54, 1.807) is 0 Å². The quantitative estimate of drug-likeness (QED) is 0.440. The molecule has 0 aromatic rings. The van der Waals surface area contributed by atoms with Gasteiger partial charge in [0.15, 0.2) is 0 Å². The van der Waals surface area contributed by atoms with E-state index in [1.165, 1.54) is 18.1 Å². The highest BCUT2D eigenvalue weighted by Gasteiger charge is 2.54. The zero-order chi connectivity index (χ0) is 15.8. The average molecular weight is 337 g/mol. The van der Waals surface area contributed by atoms with Gasteiger partial charge in [-0.3, -0.25) is 0 Å². The maximum Gasteiger partial charge on any atom is 0.334 e. The molecule has 20 heavy (non-hydrogen) atoms. The van der Waals surface area contributed by atoms with Crippen molar-refractivity contribution in [3.63, 3.8) is 0 Å². The molecule has 1 atom stereocenters. The maximum absolute atomic E-state index is 6.13. The van der Waals surface area contributed by atoms with Gasteiger partial charge in [0.25, 0.3) is 0 Å². The van der Waals surface area contributed by atoms with Crippen molar-refractivity contribution in [1.29, 1.82) is 0 Å². The highest BCUT2D eigenvalue weighted by molar-refractivity contribution is 7.86. The van der Waals surface area contributed by atoms with Crippen LogP contribution in [0.15, 0.2) is 0 Å². The first-order valence-electron chi connectivity index (χ1n) is 8.32. The molecule has 0 aliphatic heterocycles. The van der Waals surface area contributed by atoms with Gasteiger partial charge in [0.2, 0.25) is 0 Å². The highest BCUT2D eigenvalue weighted by atomic mass is 32.1. The molecule has 5 heteroatoms. The largest absolute Gasteiger partial charge is 0.396 e. The molecule has 0 unspecified atom stereocenters. The molecule has 0 saturated heterocycles. The first-order chi connectivity index (χ1) is 9.37. The van der Waals surface area contributed by atoms with E-state index in [4.69, 9.17) is 21.5 Å². The molecule has 0 saturated carbocycles. The van der Waals surface area contributed by atoms with Gasteiger partial charge in [-0.15, -0.1) is 0 Å². The summed E-state index contributed by atoms with van der Waals surface area (Å²) in [5.74, 6) is 0.639. The van der Waals surface area contributed by atoms with Crippen LogP contribution in [0.2, 0.25) is 18.1 Å². The summed E-state index contributed by atoms with van der Waals surface area (Å²) < 4.78 is 12.3. The minimum atomic E-state index is -1.77. The summed E-state index contributed by atoms with van der Waals surface area (Å²) >= 11 is 5.32. The van der Waals surface area contributed by atoms with E-state index in [1.807, 2.05) is 0 Å². The Labute approximate surface area is 135 Å². The van der Waals surface area contributed by atoms with Crippen LogP contribution in [0.3, 0.4) is 0 Å². The Morgan fingerprint density at radius 1 is 0.950 bits per heavy atom. The van der Waals surface area contributed by atoms with Crippen LogP contribution in [-0.4, -0.2) is 34.6 Å². The fourth-order valence-corrected chi connectivity index (χ4v) is 16.1. The lowest BCUT2D eigenvalue weighted by Gasteiger charge is -2.49. The first-order valence-corrected chi connectivity index (χ1v) is 12.9. The molecule has 0 heterocycles. The Hall–Kier alpha value is 0.704. The summed E-state index contributed by atoms with van der Waals surface area (Å²) in [5, 5.41) is 0.